The fraction of sp³-hybridized carbons (Fsp3) is 0.471. The summed E-state index contributed by atoms with van der Waals surface area (Å²) < 4.78 is 15.8. The first-order valence-electron chi connectivity index (χ1n) is 7.70. The van der Waals surface area contributed by atoms with Gasteiger partial charge in [-0.15, -0.1) is 6.58 Å². The number of amides is 1. The molecule has 0 bridgehead atoms. The molecule has 0 aromatic heterocycles. The molecule has 2 aliphatic rings. The van der Waals surface area contributed by atoms with Gasteiger partial charge in [-0.2, -0.15) is 0 Å². The highest BCUT2D eigenvalue weighted by Gasteiger charge is 2.67. The molecule has 24 heavy (non-hydrogen) atoms. The lowest BCUT2D eigenvalue weighted by molar-refractivity contribution is -0.121. The number of methoxy groups -OCH3 is 1. The van der Waals surface area contributed by atoms with E-state index in [0.29, 0.717) is 5.75 Å². The van der Waals surface area contributed by atoms with Crippen molar-refractivity contribution in [1.82, 2.24) is 4.90 Å². The van der Waals surface area contributed by atoms with Gasteiger partial charge < -0.3 is 24.4 Å². The minimum Gasteiger partial charge on any atom is -0.497 e. The Bertz CT molecular complexity index is 632. The van der Waals surface area contributed by atoms with Crippen molar-refractivity contribution in [1.29, 1.82) is 0 Å². The first-order chi connectivity index (χ1) is 11.4. The largest absolute Gasteiger partial charge is 0.497 e. The molecule has 0 unspecified atom stereocenters. The van der Waals surface area contributed by atoms with E-state index in [1.165, 1.54) is 11.0 Å². The summed E-state index contributed by atoms with van der Waals surface area (Å²) in [5.74, 6) is 0.703. The summed E-state index contributed by atoms with van der Waals surface area (Å²) in [4.78, 5) is 13.8. The van der Waals surface area contributed by atoms with Crippen LogP contribution in [0.4, 0.5) is 4.79 Å². The predicted molar refractivity (Wildman–Crippen MR) is 84.3 cm³/mol. The number of aliphatic hydroxyl groups is 2. The third-order valence-corrected chi connectivity index (χ3v) is 4.82. The summed E-state index contributed by atoms with van der Waals surface area (Å²) in [6, 6.07) is 7.22. The highest BCUT2D eigenvalue weighted by atomic mass is 16.6. The summed E-state index contributed by atoms with van der Waals surface area (Å²) in [6.07, 6.45) is -3.23. The van der Waals surface area contributed by atoms with Crippen LogP contribution in [0, 0.1) is 0 Å². The Hall–Kier alpha value is -2.09. The molecule has 0 aliphatic carbocycles. The second-order valence-electron chi connectivity index (χ2n) is 5.98. The number of carbonyl (C=O) groups is 1. The summed E-state index contributed by atoms with van der Waals surface area (Å²) in [5.41, 5.74) is -0.393. The molecule has 1 amide bonds. The van der Waals surface area contributed by atoms with Crippen molar-refractivity contribution in [2.24, 2.45) is 0 Å². The fourth-order valence-electron chi connectivity index (χ4n) is 3.56. The van der Waals surface area contributed by atoms with Crippen molar-refractivity contribution < 1.29 is 29.2 Å². The van der Waals surface area contributed by atoms with E-state index < -0.39 is 36.2 Å². The van der Waals surface area contributed by atoms with E-state index >= 15 is 0 Å². The summed E-state index contributed by atoms with van der Waals surface area (Å²) in [6.45, 7) is 5.57. The Balaban J connectivity index is 1.97. The Morgan fingerprint density at radius 3 is 2.62 bits per heavy atom. The smallest absolute Gasteiger partial charge is 0.411 e. The first-order valence-corrected chi connectivity index (χ1v) is 7.70. The zero-order valence-corrected chi connectivity index (χ0v) is 13.6. The number of hydrogen-bond donors (Lipinski definition) is 2. The van der Waals surface area contributed by atoms with Crippen LogP contribution in [-0.2, 0) is 16.0 Å². The van der Waals surface area contributed by atoms with Gasteiger partial charge in [0.15, 0.2) is 6.29 Å². The van der Waals surface area contributed by atoms with Gasteiger partial charge in [0.25, 0.3) is 0 Å². The van der Waals surface area contributed by atoms with Crippen molar-refractivity contribution in [3.05, 3.63) is 42.5 Å². The number of carbonyl (C=O) groups excluding carboxylic acids is 1. The van der Waals surface area contributed by atoms with Gasteiger partial charge in [-0.3, -0.25) is 4.90 Å². The maximum absolute atomic E-state index is 12.4. The second kappa shape index (κ2) is 6.08. The van der Waals surface area contributed by atoms with E-state index in [2.05, 4.69) is 6.58 Å². The van der Waals surface area contributed by atoms with Crippen LogP contribution in [0.15, 0.2) is 36.9 Å². The molecule has 7 nitrogen and oxygen atoms in total. The van der Waals surface area contributed by atoms with E-state index in [1.807, 2.05) is 12.1 Å². The van der Waals surface area contributed by atoms with Crippen molar-refractivity contribution in [3.8, 4) is 5.75 Å². The zero-order valence-electron chi connectivity index (χ0n) is 13.6. The Kier molecular flexibility index (Phi) is 4.25. The van der Waals surface area contributed by atoms with Gasteiger partial charge >= 0.3 is 6.09 Å². The standard InChI is InChI=1S/C17H21NO6/c1-4-13-17(14(19)15(20)24-13)10(2)23-16(21)18(17)9-11-5-7-12(22-3)8-6-11/h4-8,10,13-15,19-20H,1,9H2,2-3H3/t10-,13-,14+,15+,17+/m1/s1. The number of ether oxygens (including phenoxy) is 3. The molecular weight excluding hydrogens is 314 g/mol. The molecule has 1 spiro atoms. The highest BCUT2D eigenvalue weighted by molar-refractivity contribution is 5.73. The average Bonchev–Trinajstić information content (AvgIpc) is 2.98. The van der Waals surface area contributed by atoms with E-state index in [1.54, 1.807) is 26.2 Å². The van der Waals surface area contributed by atoms with Gasteiger partial charge in [0.2, 0.25) is 0 Å². The maximum Gasteiger partial charge on any atom is 0.411 e. The monoisotopic (exact) mass is 335 g/mol. The van der Waals surface area contributed by atoms with Gasteiger partial charge in [-0.1, -0.05) is 18.2 Å². The van der Waals surface area contributed by atoms with Crippen LogP contribution in [0.5, 0.6) is 5.75 Å². The van der Waals surface area contributed by atoms with E-state index in [-0.39, 0.29) is 6.54 Å². The minimum absolute atomic E-state index is 0.199. The molecular formula is C17H21NO6. The third kappa shape index (κ3) is 2.28. The normalized spacial score (nSPS) is 35.3. The second-order valence-corrected chi connectivity index (χ2v) is 5.98. The number of cyclic esters (lactones) is 1. The quantitative estimate of drug-likeness (QED) is 0.799. The van der Waals surface area contributed by atoms with Crippen LogP contribution in [0.25, 0.3) is 0 Å². The topological polar surface area (TPSA) is 88.5 Å². The lowest BCUT2D eigenvalue weighted by Crippen LogP contribution is -2.62. The molecule has 2 N–H and O–H groups in total. The van der Waals surface area contributed by atoms with Gasteiger partial charge in [-0.05, 0) is 24.6 Å². The molecule has 130 valence electrons. The van der Waals surface area contributed by atoms with Crippen molar-refractivity contribution in [3.63, 3.8) is 0 Å². The number of nitrogens with zero attached hydrogens (tertiary/aromatic N) is 1. The van der Waals surface area contributed by atoms with Crippen LogP contribution in [-0.4, -0.2) is 58.5 Å². The fourth-order valence-corrected chi connectivity index (χ4v) is 3.56. The van der Waals surface area contributed by atoms with Gasteiger partial charge in [-0.25, -0.2) is 4.79 Å². The maximum atomic E-state index is 12.4. The number of benzene rings is 1. The Labute approximate surface area is 140 Å². The zero-order chi connectivity index (χ0) is 17.5. The Morgan fingerprint density at radius 1 is 1.38 bits per heavy atom. The van der Waals surface area contributed by atoms with Crippen molar-refractivity contribution in [2.45, 2.75) is 43.6 Å². The van der Waals surface area contributed by atoms with Crippen molar-refractivity contribution >= 4 is 6.09 Å². The molecule has 3 rings (SSSR count). The average molecular weight is 335 g/mol. The summed E-state index contributed by atoms with van der Waals surface area (Å²) >= 11 is 0. The molecule has 2 aliphatic heterocycles. The molecule has 2 fully saturated rings. The molecule has 0 saturated carbocycles. The lowest BCUT2D eigenvalue weighted by Gasteiger charge is -2.39. The number of rotatable bonds is 4. The van der Waals surface area contributed by atoms with Crippen molar-refractivity contribution in [2.75, 3.05) is 7.11 Å². The minimum atomic E-state index is -1.41. The first kappa shape index (κ1) is 16.8. The van der Waals surface area contributed by atoms with Crippen LogP contribution in [0.1, 0.15) is 12.5 Å². The number of hydrogen-bond acceptors (Lipinski definition) is 6. The van der Waals surface area contributed by atoms with Crippen LogP contribution in [0.3, 0.4) is 0 Å². The van der Waals surface area contributed by atoms with E-state index in [9.17, 15) is 15.0 Å². The number of aliphatic hydroxyl groups excluding tert-OH is 2. The highest BCUT2D eigenvalue weighted by Crippen LogP contribution is 2.45. The van der Waals surface area contributed by atoms with Crippen LogP contribution < -0.4 is 4.74 Å². The lowest BCUT2D eigenvalue weighted by atomic mass is 9.82. The Morgan fingerprint density at radius 2 is 2.04 bits per heavy atom. The van der Waals surface area contributed by atoms with Crippen LogP contribution in [0.2, 0.25) is 0 Å². The van der Waals surface area contributed by atoms with E-state index in [0.717, 1.165) is 5.56 Å². The molecule has 1 aromatic rings. The molecule has 2 heterocycles. The van der Waals surface area contributed by atoms with Gasteiger partial charge in [0.05, 0.1) is 7.11 Å². The summed E-state index contributed by atoms with van der Waals surface area (Å²) in [7, 11) is 1.58. The molecule has 7 heteroatoms. The molecule has 5 atom stereocenters. The molecule has 0 radical (unpaired) electrons. The van der Waals surface area contributed by atoms with Gasteiger partial charge in [0.1, 0.15) is 29.6 Å². The molecule has 1 aromatic carbocycles. The third-order valence-electron chi connectivity index (χ3n) is 4.82. The predicted octanol–water partition coefficient (Wildman–Crippen LogP) is 1.04. The summed E-state index contributed by atoms with van der Waals surface area (Å²) in [5, 5.41) is 20.5. The van der Waals surface area contributed by atoms with Crippen LogP contribution >= 0.6 is 0 Å². The van der Waals surface area contributed by atoms with E-state index in [4.69, 9.17) is 14.2 Å². The molecule has 2 saturated heterocycles. The van der Waals surface area contributed by atoms with Gasteiger partial charge in [0, 0.05) is 6.54 Å². The SMILES string of the molecule is C=C[C@H]1O[C@H](O)[C@H](O)[C@]12[C@@H](C)OC(=O)N2Cc1ccc(OC)cc1.